The van der Waals surface area contributed by atoms with Crippen LogP contribution in [0.25, 0.3) is 0 Å². The molecule has 0 unspecified atom stereocenters. The van der Waals surface area contributed by atoms with Crippen LogP contribution in [0.4, 0.5) is 0 Å². The van der Waals surface area contributed by atoms with Crippen molar-refractivity contribution >= 4 is 15.9 Å². The molecule has 1 aromatic heterocycles. The first-order valence-electron chi connectivity index (χ1n) is 6.98. The molecule has 1 aromatic rings. The van der Waals surface area contributed by atoms with E-state index in [1.807, 2.05) is 11.7 Å². The summed E-state index contributed by atoms with van der Waals surface area (Å²) in [6, 6.07) is 2.87. The van der Waals surface area contributed by atoms with E-state index in [0.29, 0.717) is 12.6 Å². The lowest BCUT2D eigenvalue weighted by molar-refractivity contribution is 0.208. The van der Waals surface area contributed by atoms with E-state index in [9.17, 15) is 0 Å². The molecule has 104 valence electrons. The third kappa shape index (κ3) is 3.18. The molecule has 1 heterocycles. The van der Waals surface area contributed by atoms with Crippen molar-refractivity contribution in [1.29, 1.82) is 5.26 Å². The third-order valence-electron chi connectivity index (χ3n) is 3.97. The van der Waals surface area contributed by atoms with E-state index in [1.54, 1.807) is 0 Å². The highest BCUT2D eigenvalue weighted by Crippen LogP contribution is 2.28. The zero-order valence-corrected chi connectivity index (χ0v) is 13.3. The highest BCUT2D eigenvalue weighted by atomic mass is 79.9. The van der Waals surface area contributed by atoms with Gasteiger partial charge in [-0.1, -0.05) is 19.8 Å². The molecule has 2 rings (SSSR count). The van der Waals surface area contributed by atoms with Gasteiger partial charge in [-0.15, -0.1) is 0 Å². The lowest BCUT2D eigenvalue weighted by atomic mass is 10.2. The molecule has 5 heteroatoms. The maximum absolute atomic E-state index is 9.04. The Kier molecular flexibility index (Phi) is 5.00. The van der Waals surface area contributed by atoms with Crippen molar-refractivity contribution in [3.05, 3.63) is 15.9 Å². The van der Waals surface area contributed by atoms with Crippen LogP contribution in [0.15, 0.2) is 4.47 Å². The predicted molar refractivity (Wildman–Crippen MR) is 78.6 cm³/mol. The Balaban J connectivity index is 2.17. The molecular weight excluding hydrogens is 304 g/mol. The van der Waals surface area contributed by atoms with Crippen LogP contribution in [0, 0.1) is 11.3 Å². The molecule has 1 saturated carbocycles. The molecule has 0 atom stereocenters. The number of nitriles is 1. The van der Waals surface area contributed by atoms with Crippen molar-refractivity contribution < 1.29 is 0 Å². The molecule has 0 amide bonds. The Hall–Kier alpha value is -0.860. The minimum atomic E-state index is 0.504. The van der Waals surface area contributed by atoms with Crippen molar-refractivity contribution in [2.24, 2.45) is 7.05 Å². The van der Waals surface area contributed by atoms with E-state index in [4.69, 9.17) is 5.26 Å². The normalized spacial score (nSPS) is 16.2. The van der Waals surface area contributed by atoms with Crippen LogP contribution in [-0.4, -0.2) is 27.3 Å². The van der Waals surface area contributed by atoms with E-state index < -0.39 is 0 Å². The predicted octanol–water partition coefficient (Wildman–Crippen LogP) is 3.01. The largest absolute Gasteiger partial charge is 0.282 e. The molecule has 4 nitrogen and oxygen atoms in total. The van der Waals surface area contributed by atoms with Crippen LogP contribution in [0.5, 0.6) is 0 Å². The lowest BCUT2D eigenvalue weighted by Gasteiger charge is -2.26. The Bertz CT molecular complexity index is 469. The number of aromatic nitrogens is 2. The van der Waals surface area contributed by atoms with Crippen molar-refractivity contribution in [2.75, 3.05) is 6.54 Å². The summed E-state index contributed by atoms with van der Waals surface area (Å²) in [4.78, 5) is 2.30. The first-order chi connectivity index (χ1) is 9.17. The van der Waals surface area contributed by atoms with Gasteiger partial charge in [0, 0.05) is 19.6 Å². The van der Waals surface area contributed by atoms with Gasteiger partial charge in [0.05, 0.1) is 28.5 Å². The fraction of sp³-hybridized carbons (Fsp3) is 0.714. The van der Waals surface area contributed by atoms with Gasteiger partial charge in [-0.05, 0) is 35.2 Å². The molecule has 0 N–H and O–H groups in total. The molecule has 0 bridgehead atoms. The number of halogens is 1. The smallest absolute Gasteiger partial charge is 0.0871 e. The van der Waals surface area contributed by atoms with Gasteiger partial charge in [0.1, 0.15) is 0 Å². The zero-order chi connectivity index (χ0) is 13.8. The number of aryl methyl sites for hydroxylation is 2. The highest BCUT2D eigenvalue weighted by molar-refractivity contribution is 9.10. The second-order valence-electron chi connectivity index (χ2n) is 5.19. The number of hydrogen-bond donors (Lipinski definition) is 0. The van der Waals surface area contributed by atoms with E-state index in [2.05, 4.69) is 38.9 Å². The molecule has 1 aliphatic carbocycles. The average molecular weight is 325 g/mol. The Morgan fingerprint density at radius 3 is 2.68 bits per heavy atom. The molecule has 0 aliphatic heterocycles. The zero-order valence-electron chi connectivity index (χ0n) is 11.7. The maximum atomic E-state index is 9.04. The molecule has 0 radical (unpaired) electrons. The number of rotatable bonds is 5. The van der Waals surface area contributed by atoms with Crippen molar-refractivity contribution in [3.8, 4) is 6.07 Å². The van der Waals surface area contributed by atoms with Crippen LogP contribution >= 0.6 is 15.9 Å². The summed E-state index contributed by atoms with van der Waals surface area (Å²) in [7, 11) is 1.98. The topological polar surface area (TPSA) is 44.9 Å². The van der Waals surface area contributed by atoms with E-state index >= 15 is 0 Å². The SMILES string of the molecule is CCc1nn(C)c(CN(CC#N)C2CCCC2)c1Br. The summed E-state index contributed by atoms with van der Waals surface area (Å²) in [5.41, 5.74) is 2.28. The van der Waals surface area contributed by atoms with Crippen LogP contribution in [0.1, 0.15) is 44.0 Å². The van der Waals surface area contributed by atoms with Crippen molar-refractivity contribution in [1.82, 2.24) is 14.7 Å². The maximum Gasteiger partial charge on any atom is 0.0871 e. The first kappa shape index (κ1) is 14.5. The molecule has 0 saturated heterocycles. The van der Waals surface area contributed by atoms with Crippen LogP contribution in [0.2, 0.25) is 0 Å². The van der Waals surface area contributed by atoms with Crippen LogP contribution < -0.4 is 0 Å². The molecular formula is C14H21BrN4. The average Bonchev–Trinajstić information content (AvgIpc) is 3.01. The Morgan fingerprint density at radius 2 is 2.16 bits per heavy atom. The highest BCUT2D eigenvalue weighted by Gasteiger charge is 2.24. The summed E-state index contributed by atoms with van der Waals surface area (Å²) in [5, 5.41) is 13.6. The molecule has 1 fully saturated rings. The van der Waals surface area contributed by atoms with Crippen molar-refractivity contribution in [3.63, 3.8) is 0 Å². The second kappa shape index (κ2) is 6.53. The van der Waals surface area contributed by atoms with Crippen molar-refractivity contribution in [2.45, 2.75) is 51.6 Å². The molecule has 0 spiro atoms. The Labute approximate surface area is 123 Å². The van der Waals surface area contributed by atoms with E-state index in [1.165, 1.54) is 31.4 Å². The monoisotopic (exact) mass is 324 g/mol. The van der Waals surface area contributed by atoms with E-state index in [0.717, 1.165) is 23.1 Å². The van der Waals surface area contributed by atoms with Gasteiger partial charge < -0.3 is 0 Å². The Morgan fingerprint density at radius 1 is 1.47 bits per heavy atom. The van der Waals surface area contributed by atoms with E-state index in [-0.39, 0.29) is 0 Å². The lowest BCUT2D eigenvalue weighted by Crippen LogP contribution is -2.33. The van der Waals surface area contributed by atoms with Gasteiger partial charge in [-0.2, -0.15) is 10.4 Å². The minimum absolute atomic E-state index is 0.504. The number of hydrogen-bond acceptors (Lipinski definition) is 3. The number of nitrogens with zero attached hydrogens (tertiary/aromatic N) is 4. The standard InChI is InChI=1S/C14H21BrN4/c1-3-12-14(15)13(18(2)17-12)10-19(9-8-16)11-6-4-5-7-11/h11H,3-7,9-10H2,1-2H3. The molecule has 19 heavy (non-hydrogen) atoms. The van der Waals surface area contributed by atoms with Gasteiger partial charge in [0.2, 0.25) is 0 Å². The third-order valence-corrected chi connectivity index (χ3v) is 4.89. The molecule has 0 aromatic carbocycles. The second-order valence-corrected chi connectivity index (χ2v) is 5.98. The van der Waals surface area contributed by atoms with Gasteiger partial charge in [0.15, 0.2) is 0 Å². The summed E-state index contributed by atoms with van der Waals surface area (Å²) in [5.74, 6) is 0. The fourth-order valence-electron chi connectivity index (χ4n) is 2.86. The molecule has 1 aliphatic rings. The first-order valence-corrected chi connectivity index (χ1v) is 7.77. The van der Waals surface area contributed by atoms with Gasteiger partial charge >= 0.3 is 0 Å². The van der Waals surface area contributed by atoms with Crippen LogP contribution in [0.3, 0.4) is 0 Å². The van der Waals surface area contributed by atoms with Gasteiger partial charge in [0.25, 0.3) is 0 Å². The van der Waals surface area contributed by atoms with Gasteiger partial charge in [-0.3, -0.25) is 9.58 Å². The minimum Gasteiger partial charge on any atom is -0.282 e. The van der Waals surface area contributed by atoms with Gasteiger partial charge in [-0.25, -0.2) is 0 Å². The quantitative estimate of drug-likeness (QED) is 0.782. The fourth-order valence-corrected chi connectivity index (χ4v) is 3.60. The van der Waals surface area contributed by atoms with Crippen LogP contribution in [-0.2, 0) is 20.0 Å². The summed E-state index contributed by atoms with van der Waals surface area (Å²) < 4.78 is 3.06. The summed E-state index contributed by atoms with van der Waals surface area (Å²) >= 11 is 3.66. The summed E-state index contributed by atoms with van der Waals surface area (Å²) in [6.45, 7) is 3.42. The summed E-state index contributed by atoms with van der Waals surface area (Å²) in [6.07, 6.45) is 5.95.